The van der Waals surface area contributed by atoms with E-state index in [0.717, 1.165) is 11.8 Å². The third-order valence-corrected chi connectivity index (χ3v) is 3.80. The molecule has 0 fully saturated rings. The van der Waals surface area contributed by atoms with Crippen molar-refractivity contribution < 1.29 is 24.6 Å². The van der Waals surface area contributed by atoms with E-state index < -0.39 is 17.8 Å². The van der Waals surface area contributed by atoms with Crippen molar-refractivity contribution in [2.75, 3.05) is 5.32 Å². The molecule has 1 aromatic carbocycles. The number of nitrogens with zero attached hydrogens (tertiary/aromatic N) is 2. The van der Waals surface area contributed by atoms with E-state index >= 15 is 0 Å². The molecule has 0 atom stereocenters. The fourth-order valence-corrected chi connectivity index (χ4v) is 2.63. The van der Waals surface area contributed by atoms with E-state index in [2.05, 4.69) is 10.3 Å². The number of nitrogens with one attached hydrogen (secondary N) is 1. The van der Waals surface area contributed by atoms with Gasteiger partial charge in [-0.25, -0.2) is 14.6 Å². The topological polar surface area (TPSA) is 122 Å². The molecule has 0 radical (unpaired) electrons. The predicted molar refractivity (Wildman–Crippen MR) is 77.0 cm³/mol. The van der Waals surface area contributed by atoms with E-state index in [-0.39, 0.29) is 11.3 Å². The summed E-state index contributed by atoms with van der Waals surface area (Å²) in [5, 5.41) is 20.6. The van der Waals surface area contributed by atoms with Gasteiger partial charge in [-0.1, -0.05) is 17.8 Å². The second kappa shape index (κ2) is 6.31. The number of anilines is 1. The second-order valence-corrected chi connectivity index (χ2v) is 5.18. The van der Waals surface area contributed by atoms with Gasteiger partial charge in [0.2, 0.25) is 0 Å². The number of carboxylic acids is 2. The number of hydrogen-bond acceptors (Lipinski definition) is 5. The van der Waals surface area contributed by atoms with Crippen LogP contribution in [-0.2, 0) is 16.6 Å². The Kier molecular flexibility index (Phi) is 4.47. The summed E-state index contributed by atoms with van der Waals surface area (Å²) in [5.74, 6) is -4.28. The predicted octanol–water partition coefficient (Wildman–Crippen LogP) is 1.29. The number of carboxylic acid groups (broad SMARTS) is 2. The van der Waals surface area contributed by atoms with Gasteiger partial charge in [-0.05, 0) is 12.1 Å². The van der Waals surface area contributed by atoms with Gasteiger partial charge in [0.1, 0.15) is 0 Å². The second-order valence-electron chi connectivity index (χ2n) is 4.17. The average molecular weight is 321 g/mol. The lowest BCUT2D eigenvalue weighted by Gasteiger charge is -2.11. The number of amides is 1. The number of aryl methyl sites for hydroxylation is 1. The summed E-state index contributed by atoms with van der Waals surface area (Å²) in [6, 6.07) is 4.40. The van der Waals surface area contributed by atoms with Gasteiger partial charge in [0.15, 0.2) is 5.16 Å². The molecule has 0 aliphatic heterocycles. The zero-order valence-electron chi connectivity index (χ0n) is 11.3. The van der Waals surface area contributed by atoms with Crippen LogP contribution in [-0.4, -0.2) is 37.6 Å². The number of hydrogen-bond donors (Lipinski definition) is 3. The van der Waals surface area contributed by atoms with Gasteiger partial charge < -0.3 is 20.1 Å². The third kappa shape index (κ3) is 3.26. The molecule has 0 bridgehead atoms. The molecule has 1 aromatic heterocycles. The van der Waals surface area contributed by atoms with Crippen LogP contribution < -0.4 is 5.32 Å². The Morgan fingerprint density at radius 1 is 1.27 bits per heavy atom. The third-order valence-electron chi connectivity index (χ3n) is 2.66. The van der Waals surface area contributed by atoms with E-state index in [1.807, 2.05) is 0 Å². The van der Waals surface area contributed by atoms with Crippen molar-refractivity contribution >= 4 is 35.3 Å². The van der Waals surface area contributed by atoms with Crippen molar-refractivity contribution in [3.05, 3.63) is 36.2 Å². The maximum Gasteiger partial charge on any atom is 0.394 e. The summed E-state index contributed by atoms with van der Waals surface area (Å²) in [4.78, 5) is 37.7. The summed E-state index contributed by atoms with van der Waals surface area (Å²) >= 11 is 1.10. The first-order valence-electron chi connectivity index (χ1n) is 5.96. The van der Waals surface area contributed by atoms with Gasteiger partial charge in [-0.2, -0.15) is 0 Å². The van der Waals surface area contributed by atoms with Crippen LogP contribution in [0, 0.1) is 0 Å². The number of aliphatic carboxylic acids is 1. The molecule has 114 valence electrons. The highest BCUT2D eigenvalue weighted by Crippen LogP contribution is 2.33. The number of rotatable bonds is 4. The van der Waals surface area contributed by atoms with Crippen LogP contribution >= 0.6 is 11.8 Å². The average Bonchev–Trinajstić information content (AvgIpc) is 2.84. The van der Waals surface area contributed by atoms with E-state index in [4.69, 9.17) is 5.11 Å². The summed E-state index contributed by atoms with van der Waals surface area (Å²) in [6.07, 6.45) is 3.28. The maximum absolute atomic E-state index is 11.5. The first-order chi connectivity index (χ1) is 10.4. The standard InChI is InChI=1S/C13H11N3O5S/c1-16-6-5-14-13(16)22-8-4-2-3-7(9(8)11(18)19)15-10(17)12(20)21/h2-6H,1H3,(H,15,17)(H,18,19)(H,20,21). The van der Waals surface area contributed by atoms with Crippen LogP contribution in [0.1, 0.15) is 10.4 Å². The number of imidazole rings is 1. The van der Waals surface area contributed by atoms with E-state index in [0.29, 0.717) is 10.1 Å². The molecule has 0 aliphatic carbocycles. The Labute approximate surface area is 128 Å². The van der Waals surface area contributed by atoms with E-state index in [1.165, 1.54) is 12.1 Å². The van der Waals surface area contributed by atoms with Gasteiger partial charge in [-0.15, -0.1) is 0 Å². The fraction of sp³-hybridized carbons (Fsp3) is 0.0769. The monoisotopic (exact) mass is 321 g/mol. The number of aromatic nitrogens is 2. The normalized spacial score (nSPS) is 10.2. The van der Waals surface area contributed by atoms with Gasteiger partial charge in [0, 0.05) is 24.3 Å². The molecule has 3 N–H and O–H groups in total. The molecule has 2 aromatic rings. The molecule has 2 rings (SSSR count). The Morgan fingerprint density at radius 3 is 2.55 bits per heavy atom. The number of benzene rings is 1. The minimum Gasteiger partial charge on any atom is -0.478 e. The zero-order valence-corrected chi connectivity index (χ0v) is 12.1. The van der Waals surface area contributed by atoms with Crippen molar-refractivity contribution in [2.45, 2.75) is 10.1 Å². The lowest BCUT2D eigenvalue weighted by atomic mass is 10.1. The largest absolute Gasteiger partial charge is 0.478 e. The lowest BCUT2D eigenvalue weighted by Crippen LogP contribution is -2.23. The zero-order chi connectivity index (χ0) is 16.3. The maximum atomic E-state index is 11.5. The molecular formula is C13H11N3O5S. The van der Waals surface area contributed by atoms with E-state index in [1.54, 1.807) is 30.1 Å². The van der Waals surface area contributed by atoms with Crippen LogP contribution in [0.3, 0.4) is 0 Å². The Balaban J connectivity index is 2.42. The molecule has 1 amide bonds. The van der Waals surface area contributed by atoms with Crippen LogP contribution in [0.2, 0.25) is 0 Å². The highest BCUT2D eigenvalue weighted by atomic mass is 32.2. The van der Waals surface area contributed by atoms with Crippen LogP contribution in [0.25, 0.3) is 0 Å². The highest BCUT2D eigenvalue weighted by Gasteiger charge is 2.21. The van der Waals surface area contributed by atoms with Gasteiger partial charge in [0.05, 0.1) is 11.3 Å². The smallest absolute Gasteiger partial charge is 0.394 e. The summed E-state index contributed by atoms with van der Waals surface area (Å²) in [7, 11) is 1.76. The van der Waals surface area contributed by atoms with E-state index in [9.17, 15) is 19.5 Å². The number of aromatic carboxylic acids is 1. The molecule has 1 heterocycles. The Bertz CT molecular complexity index is 756. The number of carbonyl (C=O) groups is 3. The molecule has 0 aliphatic rings. The van der Waals surface area contributed by atoms with Crippen molar-refractivity contribution in [3.63, 3.8) is 0 Å². The quantitative estimate of drug-likeness (QED) is 0.725. The van der Waals surface area contributed by atoms with Crippen molar-refractivity contribution in [3.8, 4) is 0 Å². The van der Waals surface area contributed by atoms with Gasteiger partial charge in [0.25, 0.3) is 0 Å². The van der Waals surface area contributed by atoms with Crippen LogP contribution in [0.5, 0.6) is 0 Å². The van der Waals surface area contributed by atoms with Crippen LogP contribution in [0.4, 0.5) is 5.69 Å². The van der Waals surface area contributed by atoms with Gasteiger partial charge in [-0.3, -0.25) is 4.79 Å². The van der Waals surface area contributed by atoms with Gasteiger partial charge >= 0.3 is 17.8 Å². The molecule has 0 spiro atoms. The minimum absolute atomic E-state index is 0.0842. The van der Waals surface area contributed by atoms with Crippen molar-refractivity contribution in [2.24, 2.45) is 7.05 Å². The van der Waals surface area contributed by atoms with Crippen molar-refractivity contribution in [1.29, 1.82) is 0 Å². The highest BCUT2D eigenvalue weighted by molar-refractivity contribution is 7.99. The molecule has 22 heavy (non-hydrogen) atoms. The molecule has 9 heteroatoms. The molecule has 8 nitrogen and oxygen atoms in total. The first kappa shape index (κ1) is 15.6. The molecule has 0 unspecified atom stereocenters. The Hall–Kier alpha value is -2.81. The summed E-state index contributed by atoms with van der Waals surface area (Å²) < 4.78 is 1.71. The lowest BCUT2D eigenvalue weighted by molar-refractivity contribution is -0.147. The molecular weight excluding hydrogens is 310 g/mol. The summed E-state index contributed by atoms with van der Waals surface area (Å²) in [5.41, 5.74) is -0.274. The SMILES string of the molecule is Cn1ccnc1Sc1cccc(NC(=O)C(=O)O)c1C(=O)O. The fourth-order valence-electron chi connectivity index (χ4n) is 1.67. The number of carbonyl (C=O) groups excluding carboxylic acids is 1. The van der Waals surface area contributed by atoms with Crippen molar-refractivity contribution in [1.82, 2.24) is 9.55 Å². The van der Waals surface area contributed by atoms with Crippen LogP contribution in [0.15, 0.2) is 40.6 Å². The summed E-state index contributed by atoms with van der Waals surface area (Å²) in [6.45, 7) is 0. The molecule has 0 saturated carbocycles. The first-order valence-corrected chi connectivity index (χ1v) is 6.77. The minimum atomic E-state index is -1.70. The molecule has 0 saturated heterocycles. The Morgan fingerprint density at radius 2 is 2.00 bits per heavy atom.